The van der Waals surface area contributed by atoms with Gasteiger partial charge in [0.2, 0.25) is 10.0 Å². The van der Waals surface area contributed by atoms with Crippen LogP contribution in [0.15, 0.2) is 41.4 Å². The summed E-state index contributed by atoms with van der Waals surface area (Å²) in [7, 11) is -3.71. The summed E-state index contributed by atoms with van der Waals surface area (Å²) in [5, 5.41) is 5.73. The predicted molar refractivity (Wildman–Crippen MR) is 86.2 cm³/mol. The standard InChI is InChI=1S/C14H15N5O3S/c15-5-7-17-23(21,22)9-3-4-11-10(8-9)14(20)19-12-2-1-6-16-13(12)18-11/h1-4,6,8,17H,5,7,15H2,(H,16,18)(H,19,20). The fraction of sp³-hybridized carbons (Fsp3) is 0.143. The normalized spacial score (nSPS) is 13.3. The van der Waals surface area contributed by atoms with Gasteiger partial charge in [-0.2, -0.15) is 0 Å². The van der Waals surface area contributed by atoms with Gasteiger partial charge in [-0.15, -0.1) is 0 Å². The largest absolute Gasteiger partial charge is 0.338 e. The van der Waals surface area contributed by atoms with Gasteiger partial charge in [-0.1, -0.05) is 0 Å². The Hall–Kier alpha value is -2.49. The summed E-state index contributed by atoms with van der Waals surface area (Å²) >= 11 is 0. The zero-order valence-electron chi connectivity index (χ0n) is 12.0. The molecule has 120 valence electrons. The molecule has 2 heterocycles. The number of nitrogens with one attached hydrogen (secondary N) is 3. The first-order chi connectivity index (χ1) is 11.0. The highest BCUT2D eigenvalue weighted by Gasteiger charge is 2.22. The van der Waals surface area contributed by atoms with E-state index in [1.54, 1.807) is 18.3 Å². The van der Waals surface area contributed by atoms with Crippen LogP contribution in [0, 0.1) is 0 Å². The Balaban J connectivity index is 2.01. The number of hydrogen-bond acceptors (Lipinski definition) is 6. The molecule has 23 heavy (non-hydrogen) atoms. The maximum Gasteiger partial charge on any atom is 0.257 e. The smallest absolute Gasteiger partial charge is 0.257 e. The Kier molecular flexibility index (Phi) is 3.99. The SMILES string of the molecule is NCCNS(=O)(=O)c1ccc2c(c1)C(=O)Nc1cccnc1N2. The lowest BCUT2D eigenvalue weighted by Gasteiger charge is -2.10. The molecule has 0 unspecified atom stereocenters. The van der Waals surface area contributed by atoms with Crippen LogP contribution in [0.2, 0.25) is 0 Å². The highest BCUT2D eigenvalue weighted by molar-refractivity contribution is 7.89. The third-order valence-electron chi connectivity index (χ3n) is 3.29. The van der Waals surface area contributed by atoms with Gasteiger partial charge >= 0.3 is 0 Å². The Morgan fingerprint density at radius 2 is 2.00 bits per heavy atom. The molecule has 0 radical (unpaired) electrons. The third-order valence-corrected chi connectivity index (χ3v) is 4.75. The summed E-state index contributed by atoms with van der Waals surface area (Å²) in [6.45, 7) is 0.312. The molecule has 0 bridgehead atoms. The molecule has 0 saturated carbocycles. The fourth-order valence-corrected chi connectivity index (χ4v) is 3.26. The van der Waals surface area contributed by atoms with Gasteiger partial charge in [0.25, 0.3) is 5.91 Å². The highest BCUT2D eigenvalue weighted by atomic mass is 32.2. The quantitative estimate of drug-likeness (QED) is 0.650. The second kappa shape index (κ2) is 5.95. The van der Waals surface area contributed by atoms with E-state index in [1.807, 2.05) is 0 Å². The molecule has 8 nitrogen and oxygen atoms in total. The van der Waals surface area contributed by atoms with Gasteiger partial charge in [0.05, 0.1) is 21.8 Å². The van der Waals surface area contributed by atoms with Crippen LogP contribution in [0.25, 0.3) is 0 Å². The lowest BCUT2D eigenvalue weighted by Crippen LogP contribution is -2.29. The minimum absolute atomic E-state index is 0.000523. The number of carbonyl (C=O) groups is 1. The maximum atomic E-state index is 12.3. The molecule has 0 saturated heterocycles. The Bertz CT molecular complexity index is 866. The minimum Gasteiger partial charge on any atom is -0.338 e. The number of anilines is 3. The molecule has 0 spiro atoms. The fourth-order valence-electron chi connectivity index (χ4n) is 2.19. The van der Waals surface area contributed by atoms with E-state index < -0.39 is 15.9 Å². The number of fused-ring (bicyclic) bond motifs is 2. The summed E-state index contributed by atoms with van der Waals surface area (Å²) < 4.78 is 26.7. The number of nitrogens with two attached hydrogens (primary N) is 1. The summed E-state index contributed by atoms with van der Waals surface area (Å²) in [6.07, 6.45) is 1.60. The number of nitrogens with zero attached hydrogens (tertiary/aromatic N) is 1. The first kappa shape index (κ1) is 15.4. The van der Waals surface area contributed by atoms with Crippen LogP contribution in [0.5, 0.6) is 0 Å². The average molecular weight is 333 g/mol. The monoisotopic (exact) mass is 333 g/mol. The van der Waals surface area contributed by atoms with Crippen LogP contribution in [0.3, 0.4) is 0 Å². The molecule has 9 heteroatoms. The highest BCUT2D eigenvalue weighted by Crippen LogP contribution is 2.31. The number of rotatable bonds is 4. The minimum atomic E-state index is -3.71. The number of benzene rings is 1. The van der Waals surface area contributed by atoms with Crippen molar-refractivity contribution in [2.75, 3.05) is 23.7 Å². The maximum absolute atomic E-state index is 12.3. The Morgan fingerprint density at radius 1 is 1.17 bits per heavy atom. The predicted octanol–water partition coefficient (Wildman–Crippen LogP) is 0.628. The summed E-state index contributed by atoms with van der Waals surface area (Å²) in [5.41, 5.74) is 6.54. The molecule has 1 aromatic heterocycles. The molecule has 1 aliphatic rings. The number of pyridine rings is 1. The molecule has 0 atom stereocenters. The topological polar surface area (TPSA) is 126 Å². The van der Waals surface area contributed by atoms with E-state index in [4.69, 9.17) is 5.73 Å². The van der Waals surface area contributed by atoms with E-state index in [2.05, 4.69) is 20.3 Å². The third kappa shape index (κ3) is 3.02. The average Bonchev–Trinajstić information content (AvgIpc) is 2.68. The first-order valence-corrected chi connectivity index (χ1v) is 8.37. The number of amides is 1. The van der Waals surface area contributed by atoms with Crippen molar-refractivity contribution < 1.29 is 13.2 Å². The van der Waals surface area contributed by atoms with E-state index in [1.165, 1.54) is 18.2 Å². The Labute approximate surface area is 133 Å². The molecule has 0 fully saturated rings. The molecular weight excluding hydrogens is 318 g/mol. The number of sulfonamides is 1. The van der Waals surface area contributed by atoms with Crippen molar-refractivity contribution in [3.63, 3.8) is 0 Å². The van der Waals surface area contributed by atoms with Gasteiger partial charge in [-0.05, 0) is 30.3 Å². The van der Waals surface area contributed by atoms with Crippen molar-refractivity contribution in [2.24, 2.45) is 5.73 Å². The van der Waals surface area contributed by atoms with Crippen molar-refractivity contribution in [3.8, 4) is 0 Å². The second-order valence-corrected chi connectivity index (χ2v) is 6.64. The van der Waals surface area contributed by atoms with E-state index in [9.17, 15) is 13.2 Å². The zero-order chi connectivity index (χ0) is 16.4. The molecule has 1 aliphatic heterocycles. The Morgan fingerprint density at radius 3 is 2.78 bits per heavy atom. The van der Waals surface area contributed by atoms with Gasteiger partial charge < -0.3 is 16.4 Å². The zero-order valence-corrected chi connectivity index (χ0v) is 12.9. The van der Waals surface area contributed by atoms with E-state index in [0.717, 1.165) is 0 Å². The van der Waals surface area contributed by atoms with Crippen LogP contribution >= 0.6 is 0 Å². The van der Waals surface area contributed by atoms with E-state index >= 15 is 0 Å². The number of carbonyl (C=O) groups excluding carboxylic acids is 1. The van der Waals surface area contributed by atoms with Crippen molar-refractivity contribution >= 4 is 33.1 Å². The summed E-state index contributed by atoms with van der Waals surface area (Å²) in [5.74, 6) is 0.0894. The van der Waals surface area contributed by atoms with Crippen LogP contribution in [-0.4, -0.2) is 32.4 Å². The second-order valence-electron chi connectivity index (χ2n) is 4.87. The van der Waals surface area contributed by atoms with Gasteiger partial charge in [-0.25, -0.2) is 18.1 Å². The molecule has 1 aromatic carbocycles. The summed E-state index contributed by atoms with van der Waals surface area (Å²) in [4.78, 5) is 16.5. The lowest BCUT2D eigenvalue weighted by atomic mass is 10.1. The number of hydrogen-bond donors (Lipinski definition) is 4. The molecule has 5 N–H and O–H groups in total. The number of aromatic nitrogens is 1. The van der Waals surface area contributed by atoms with Gasteiger partial charge in [0, 0.05) is 19.3 Å². The van der Waals surface area contributed by atoms with Crippen molar-refractivity contribution in [2.45, 2.75) is 4.90 Å². The van der Waals surface area contributed by atoms with Crippen molar-refractivity contribution in [1.82, 2.24) is 9.71 Å². The first-order valence-electron chi connectivity index (χ1n) is 6.88. The van der Waals surface area contributed by atoms with Crippen LogP contribution in [0.4, 0.5) is 17.2 Å². The summed E-state index contributed by atoms with van der Waals surface area (Å²) in [6, 6.07) is 7.69. The molecule has 1 amide bonds. The van der Waals surface area contributed by atoms with Crippen LogP contribution in [-0.2, 0) is 10.0 Å². The van der Waals surface area contributed by atoms with Crippen molar-refractivity contribution in [3.05, 3.63) is 42.1 Å². The van der Waals surface area contributed by atoms with Crippen LogP contribution < -0.4 is 21.1 Å². The van der Waals surface area contributed by atoms with Gasteiger partial charge in [-0.3, -0.25) is 4.79 Å². The molecule has 3 rings (SSSR count). The van der Waals surface area contributed by atoms with Gasteiger partial charge in [0.15, 0.2) is 5.82 Å². The molecule has 0 aliphatic carbocycles. The van der Waals surface area contributed by atoms with Crippen LogP contribution in [0.1, 0.15) is 10.4 Å². The lowest BCUT2D eigenvalue weighted by molar-refractivity contribution is 0.102. The molecular formula is C14H15N5O3S. The van der Waals surface area contributed by atoms with Gasteiger partial charge in [0.1, 0.15) is 0 Å². The van der Waals surface area contributed by atoms with E-state index in [0.29, 0.717) is 17.2 Å². The van der Waals surface area contributed by atoms with E-state index in [-0.39, 0.29) is 23.5 Å². The van der Waals surface area contributed by atoms with Crippen molar-refractivity contribution in [1.29, 1.82) is 0 Å². The molecule has 2 aromatic rings.